The second kappa shape index (κ2) is 18.8. The minimum Gasteiger partial charge on any atom is -0.494 e. The van der Waals surface area contributed by atoms with Gasteiger partial charge >= 0.3 is 5.97 Å². The first kappa shape index (κ1) is 31.9. The number of rotatable bonds is 21. The van der Waals surface area contributed by atoms with Gasteiger partial charge in [-0.15, -0.1) is 0 Å². The maximum Gasteiger partial charge on any atom is 0.364 e. The van der Waals surface area contributed by atoms with E-state index in [1.807, 2.05) is 25.1 Å². The lowest BCUT2D eigenvalue weighted by Crippen LogP contribution is -2.51. The summed E-state index contributed by atoms with van der Waals surface area (Å²) >= 11 is 0. The van der Waals surface area contributed by atoms with Crippen molar-refractivity contribution in [3.63, 3.8) is 0 Å². The summed E-state index contributed by atoms with van der Waals surface area (Å²) in [5.41, 5.74) is 2.62. The van der Waals surface area contributed by atoms with Gasteiger partial charge in [-0.2, -0.15) is 0 Å². The van der Waals surface area contributed by atoms with Crippen molar-refractivity contribution in [3.8, 4) is 5.75 Å². The maximum absolute atomic E-state index is 12.6. The smallest absolute Gasteiger partial charge is 0.364 e. The fraction of sp³-hybridized carbons (Fsp3) is 0.618. The maximum atomic E-state index is 12.6. The van der Waals surface area contributed by atoms with Gasteiger partial charge in [-0.25, -0.2) is 4.79 Å². The van der Waals surface area contributed by atoms with E-state index in [1.54, 1.807) is 0 Å². The molecule has 4 nitrogen and oxygen atoms in total. The highest BCUT2D eigenvalue weighted by Crippen LogP contribution is 2.17. The van der Waals surface area contributed by atoms with Crippen molar-refractivity contribution in [1.29, 1.82) is 0 Å². The fourth-order valence-corrected chi connectivity index (χ4v) is 4.73. The summed E-state index contributed by atoms with van der Waals surface area (Å²) in [4.78, 5) is 12.6. The molecule has 0 saturated heterocycles. The van der Waals surface area contributed by atoms with Crippen LogP contribution in [0.3, 0.4) is 0 Å². The molecule has 0 aromatic heterocycles. The fourth-order valence-electron chi connectivity index (χ4n) is 4.73. The molecular formula is C34H54NO3+. The minimum atomic E-state index is -0.217. The Morgan fingerprint density at radius 1 is 0.711 bits per heavy atom. The van der Waals surface area contributed by atoms with Crippen LogP contribution in [0.25, 0.3) is 0 Å². The molecule has 0 N–H and O–H groups in total. The largest absolute Gasteiger partial charge is 0.494 e. The molecule has 212 valence electrons. The van der Waals surface area contributed by atoms with E-state index in [1.165, 1.54) is 75.3 Å². The van der Waals surface area contributed by atoms with Gasteiger partial charge < -0.3 is 14.0 Å². The third-order valence-corrected chi connectivity index (χ3v) is 7.62. The number of unbranched alkanes of at least 4 members (excludes halogenated alkanes) is 10. The summed E-state index contributed by atoms with van der Waals surface area (Å²) in [6.07, 6.45) is 16.6. The summed E-state index contributed by atoms with van der Waals surface area (Å²) in [7, 11) is 4.16. The Kier molecular flexibility index (Phi) is 15.8. The molecule has 38 heavy (non-hydrogen) atoms. The van der Waals surface area contributed by atoms with Crippen LogP contribution >= 0.6 is 0 Å². The quantitative estimate of drug-likeness (QED) is 0.0932. The number of hydrogen-bond acceptors (Lipinski definition) is 3. The number of nitrogens with zero attached hydrogens (tertiary/aromatic N) is 1. The highest BCUT2D eigenvalue weighted by atomic mass is 16.5. The second-order valence-corrected chi connectivity index (χ2v) is 11.4. The number of carbonyl (C=O) groups is 1. The Morgan fingerprint density at radius 3 is 1.92 bits per heavy atom. The van der Waals surface area contributed by atoms with Crippen LogP contribution in [-0.4, -0.2) is 43.8 Å². The summed E-state index contributed by atoms with van der Waals surface area (Å²) in [5.74, 6) is 0.784. The molecule has 1 atom stereocenters. The van der Waals surface area contributed by atoms with E-state index in [4.69, 9.17) is 9.47 Å². The zero-order valence-corrected chi connectivity index (χ0v) is 24.8. The van der Waals surface area contributed by atoms with Gasteiger partial charge in [0.15, 0.2) is 6.04 Å². The molecule has 0 aliphatic heterocycles. The van der Waals surface area contributed by atoms with Crippen molar-refractivity contribution in [3.05, 3.63) is 65.7 Å². The molecule has 2 aromatic carbocycles. The zero-order chi connectivity index (χ0) is 27.5. The molecule has 0 bridgehead atoms. The van der Waals surface area contributed by atoms with Crippen molar-refractivity contribution >= 4 is 5.97 Å². The van der Waals surface area contributed by atoms with Crippen LogP contribution in [0.2, 0.25) is 0 Å². The number of aryl methyl sites for hydroxylation is 1. The van der Waals surface area contributed by atoms with Crippen molar-refractivity contribution in [2.45, 2.75) is 110 Å². The Bertz CT molecular complexity index is 863. The normalized spacial score (nSPS) is 12.3. The Balaban J connectivity index is 1.50. The number of carbonyl (C=O) groups excluding carboxylic acids is 1. The first-order valence-corrected chi connectivity index (χ1v) is 15.2. The number of ether oxygens (including phenoxy) is 2. The molecule has 0 fully saturated rings. The van der Waals surface area contributed by atoms with E-state index in [0.717, 1.165) is 31.6 Å². The molecule has 0 aliphatic rings. The lowest BCUT2D eigenvalue weighted by Gasteiger charge is -2.34. The summed E-state index contributed by atoms with van der Waals surface area (Å²) in [5, 5.41) is 0. The molecule has 2 rings (SSSR count). The molecule has 0 aliphatic carbocycles. The lowest BCUT2D eigenvalue weighted by atomic mass is 10.0. The van der Waals surface area contributed by atoms with E-state index in [-0.39, 0.29) is 12.0 Å². The minimum absolute atomic E-state index is 0.134. The third kappa shape index (κ3) is 13.5. The van der Waals surface area contributed by atoms with Crippen molar-refractivity contribution in [2.75, 3.05) is 27.3 Å². The van der Waals surface area contributed by atoms with E-state index in [0.29, 0.717) is 17.7 Å². The topological polar surface area (TPSA) is 35.5 Å². The number of quaternary nitrogens is 1. The van der Waals surface area contributed by atoms with Crippen molar-refractivity contribution in [1.82, 2.24) is 0 Å². The summed E-state index contributed by atoms with van der Waals surface area (Å²) < 4.78 is 12.0. The number of benzene rings is 2. The zero-order valence-electron chi connectivity index (χ0n) is 24.8. The molecule has 2 aromatic rings. The number of hydrogen-bond donors (Lipinski definition) is 0. The second-order valence-electron chi connectivity index (χ2n) is 11.4. The van der Waals surface area contributed by atoms with Gasteiger partial charge in [0.1, 0.15) is 12.3 Å². The van der Waals surface area contributed by atoms with Crippen LogP contribution in [0, 0.1) is 0 Å². The van der Waals surface area contributed by atoms with E-state index < -0.39 is 0 Å². The van der Waals surface area contributed by atoms with Crippen molar-refractivity contribution in [2.24, 2.45) is 0 Å². The molecule has 0 heterocycles. The highest BCUT2D eigenvalue weighted by molar-refractivity contribution is 5.74. The Labute approximate surface area is 233 Å². The molecule has 0 radical (unpaired) electrons. The Morgan fingerprint density at radius 2 is 1.29 bits per heavy atom. The van der Waals surface area contributed by atoms with E-state index in [2.05, 4.69) is 57.4 Å². The first-order valence-electron chi connectivity index (χ1n) is 15.2. The summed E-state index contributed by atoms with van der Waals surface area (Å²) in [6, 6.07) is 18.6. The molecular weight excluding hydrogens is 470 g/mol. The average Bonchev–Trinajstić information content (AvgIpc) is 2.92. The molecule has 4 heteroatoms. The molecule has 0 saturated carbocycles. The van der Waals surface area contributed by atoms with Crippen LogP contribution in [0.5, 0.6) is 5.75 Å². The van der Waals surface area contributed by atoms with Gasteiger partial charge in [0.05, 0.1) is 27.3 Å². The molecule has 0 spiro atoms. The van der Waals surface area contributed by atoms with Gasteiger partial charge in [0, 0.05) is 5.56 Å². The Hall–Kier alpha value is -2.33. The standard InChI is InChI=1S/C34H54NO3/c1-5-6-7-8-9-10-11-12-13-15-20-31-23-25-33(26-24-31)37-27-18-19-28-38-34(36)30(2)35(3,4)29-32-21-16-14-17-22-32/h14,16-17,21-26,30H,5-13,15,18-20,27-29H2,1-4H3/q+1. The van der Waals surface area contributed by atoms with Crippen LogP contribution < -0.4 is 4.74 Å². The number of likely N-dealkylation sites (N-methyl/N-ethyl adjacent to an activating group) is 1. The van der Waals surface area contributed by atoms with Crippen LogP contribution in [-0.2, 0) is 22.5 Å². The van der Waals surface area contributed by atoms with Gasteiger partial charge in [0.25, 0.3) is 0 Å². The molecule has 1 unspecified atom stereocenters. The average molecular weight is 525 g/mol. The van der Waals surface area contributed by atoms with E-state index in [9.17, 15) is 4.79 Å². The van der Waals surface area contributed by atoms with Gasteiger partial charge in [-0.3, -0.25) is 0 Å². The van der Waals surface area contributed by atoms with Gasteiger partial charge in [-0.1, -0.05) is 107 Å². The predicted octanol–water partition coefficient (Wildman–Crippen LogP) is 8.52. The lowest BCUT2D eigenvalue weighted by molar-refractivity contribution is -0.917. The van der Waals surface area contributed by atoms with E-state index >= 15 is 0 Å². The summed E-state index contributed by atoms with van der Waals surface area (Å²) in [6.45, 7) is 6.10. The SMILES string of the molecule is CCCCCCCCCCCCc1ccc(OCCCCOC(=O)C(C)[N+](C)(C)Cc2ccccc2)cc1. The van der Waals surface area contributed by atoms with Gasteiger partial charge in [-0.05, 0) is 50.3 Å². The third-order valence-electron chi connectivity index (χ3n) is 7.62. The van der Waals surface area contributed by atoms with Gasteiger partial charge in [0.2, 0.25) is 0 Å². The number of esters is 1. The van der Waals surface area contributed by atoms with Crippen LogP contribution in [0.15, 0.2) is 54.6 Å². The first-order chi connectivity index (χ1) is 18.4. The molecule has 0 amide bonds. The predicted molar refractivity (Wildman–Crippen MR) is 159 cm³/mol. The highest BCUT2D eigenvalue weighted by Gasteiger charge is 2.32. The van der Waals surface area contributed by atoms with Crippen LogP contribution in [0.1, 0.15) is 102 Å². The monoisotopic (exact) mass is 524 g/mol. The van der Waals surface area contributed by atoms with Crippen molar-refractivity contribution < 1.29 is 18.8 Å². The van der Waals surface area contributed by atoms with Crippen LogP contribution in [0.4, 0.5) is 0 Å².